The standard InChI is InChI=1S/C13H11ClF3NS/c14-12-5-4-11(19-12)10(18)7-8-2-1-3-9(6-8)13(15,16)17/h1-6,10H,7,18H2. The van der Waals surface area contributed by atoms with Crippen molar-refractivity contribution >= 4 is 22.9 Å². The number of halogens is 4. The Bertz CT molecular complexity index is 565. The van der Waals surface area contributed by atoms with Crippen molar-refractivity contribution in [2.24, 2.45) is 5.73 Å². The van der Waals surface area contributed by atoms with Crippen molar-refractivity contribution in [2.75, 3.05) is 0 Å². The highest BCUT2D eigenvalue weighted by atomic mass is 35.5. The molecule has 0 amide bonds. The van der Waals surface area contributed by atoms with E-state index in [0.717, 1.165) is 17.0 Å². The van der Waals surface area contributed by atoms with Crippen LogP contribution in [0.4, 0.5) is 13.2 Å². The van der Waals surface area contributed by atoms with E-state index in [2.05, 4.69) is 0 Å². The lowest BCUT2D eigenvalue weighted by atomic mass is 10.0. The molecule has 1 aromatic heterocycles. The molecule has 0 aliphatic carbocycles. The molecule has 6 heteroatoms. The molecule has 0 fully saturated rings. The molecule has 0 spiro atoms. The van der Waals surface area contributed by atoms with Crippen LogP contribution in [0.5, 0.6) is 0 Å². The molecule has 0 saturated carbocycles. The van der Waals surface area contributed by atoms with Crippen molar-refractivity contribution in [2.45, 2.75) is 18.6 Å². The van der Waals surface area contributed by atoms with Gasteiger partial charge in [0.2, 0.25) is 0 Å². The minimum absolute atomic E-state index is 0.346. The first-order valence-corrected chi connectivity index (χ1v) is 6.72. The van der Waals surface area contributed by atoms with Gasteiger partial charge < -0.3 is 5.73 Å². The molecule has 1 atom stereocenters. The van der Waals surface area contributed by atoms with Crippen molar-refractivity contribution in [3.05, 3.63) is 56.7 Å². The van der Waals surface area contributed by atoms with Gasteiger partial charge in [-0.3, -0.25) is 0 Å². The Morgan fingerprint density at radius 3 is 2.53 bits per heavy atom. The monoisotopic (exact) mass is 305 g/mol. The van der Waals surface area contributed by atoms with Gasteiger partial charge in [-0.2, -0.15) is 13.2 Å². The molecule has 102 valence electrons. The van der Waals surface area contributed by atoms with Crippen LogP contribution in [0.15, 0.2) is 36.4 Å². The van der Waals surface area contributed by atoms with E-state index in [-0.39, 0.29) is 6.04 Å². The Morgan fingerprint density at radius 1 is 1.21 bits per heavy atom. The van der Waals surface area contributed by atoms with Crippen molar-refractivity contribution < 1.29 is 13.2 Å². The Hall–Kier alpha value is -1.04. The van der Waals surface area contributed by atoms with Gasteiger partial charge in [0, 0.05) is 10.9 Å². The molecule has 0 saturated heterocycles. The molecule has 1 aromatic carbocycles. The lowest BCUT2D eigenvalue weighted by molar-refractivity contribution is -0.137. The lowest BCUT2D eigenvalue weighted by Crippen LogP contribution is -2.12. The molecule has 1 unspecified atom stereocenters. The van der Waals surface area contributed by atoms with Crippen molar-refractivity contribution in [1.82, 2.24) is 0 Å². The van der Waals surface area contributed by atoms with Crippen LogP contribution in [0.2, 0.25) is 4.34 Å². The Kier molecular flexibility index (Phi) is 4.18. The number of hydrogen-bond acceptors (Lipinski definition) is 2. The van der Waals surface area contributed by atoms with Gasteiger partial charge in [-0.15, -0.1) is 11.3 Å². The van der Waals surface area contributed by atoms with Gasteiger partial charge in [0.25, 0.3) is 0 Å². The van der Waals surface area contributed by atoms with Gasteiger partial charge >= 0.3 is 6.18 Å². The quantitative estimate of drug-likeness (QED) is 0.876. The molecular weight excluding hydrogens is 295 g/mol. The smallest absolute Gasteiger partial charge is 0.323 e. The van der Waals surface area contributed by atoms with Crippen molar-refractivity contribution in [1.29, 1.82) is 0 Å². The summed E-state index contributed by atoms with van der Waals surface area (Å²) in [6.07, 6.45) is -3.98. The maximum atomic E-state index is 12.6. The zero-order valence-corrected chi connectivity index (χ0v) is 11.3. The van der Waals surface area contributed by atoms with E-state index in [4.69, 9.17) is 17.3 Å². The highest BCUT2D eigenvalue weighted by molar-refractivity contribution is 7.16. The second-order valence-corrected chi connectivity index (χ2v) is 5.90. The second-order valence-electron chi connectivity index (χ2n) is 4.15. The molecule has 2 aromatic rings. The molecule has 0 radical (unpaired) electrons. The van der Waals surface area contributed by atoms with Crippen LogP contribution in [0, 0.1) is 0 Å². The van der Waals surface area contributed by atoms with E-state index in [0.29, 0.717) is 16.3 Å². The van der Waals surface area contributed by atoms with Gasteiger partial charge in [0.15, 0.2) is 0 Å². The van der Waals surface area contributed by atoms with Crippen molar-refractivity contribution in [3.63, 3.8) is 0 Å². The fourth-order valence-corrected chi connectivity index (χ4v) is 2.82. The van der Waals surface area contributed by atoms with Crippen LogP contribution in [-0.2, 0) is 12.6 Å². The van der Waals surface area contributed by atoms with Crippen LogP contribution in [-0.4, -0.2) is 0 Å². The van der Waals surface area contributed by atoms with Gasteiger partial charge in [-0.05, 0) is 30.2 Å². The van der Waals surface area contributed by atoms with Crippen LogP contribution < -0.4 is 5.73 Å². The third-order valence-corrected chi connectivity index (χ3v) is 4.03. The highest BCUT2D eigenvalue weighted by Crippen LogP contribution is 2.31. The maximum Gasteiger partial charge on any atom is 0.416 e. The summed E-state index contributed by atoms with van der Waals surface area (Å²) in [7, 11) is 0. The van der Waals surface area contributed by atoms with Crippen LogP contribution in [0.3, 0.4) is 0 Å². The minimum Gasteiger partial charge on any atom is -0.323 e. The number of hydrogen-bond donors (Lipinski definition) is 1. The fraction of sp³-hybridized carbons (Fsp3) is 0.231. The predicted octanol–water partition coefficient (Wildman–Crippen LogP) is 4.66. The molecule has 2 N–H and O–H groups in total. The molecule has 1 heterocycles. The summed E-state index contributed by atoms with van der Waals surface area (Å²) in [5.74, 6) is 0. The van der Waals surface area contributed by atoms with E-state index in [1.165, 1.54) is 17.4 Å². The predicted molar refractivity (Wildman–Crippen MR) is 71.4 cm³/mol. The van der Waals surface area contributed by atoms with E-state index >= 15 is 0 Å². The maximum absolute atomic E-state index is 12.6. The summed E-state index contributed by atoms with van der Waals surface area (Å²) in [5, 5.41) is 0. The summed E-state index contributed by atoms with van der Waals surface area (Å²) in [5.41, 5.74) is 5.88. The number of benzene rings is 1. The molecule has 1 nitrogen and oxygen atoms in total. The van der Waals surface area contributed by atoms with Gasteiger partial charge in [-0.1, -0.05) is 29.8 Å². The van der Waals surface area contributed by atoms with E-state index < -0.39 is 11.7 Å². The van der Waals surface area contributed by atoms with E-state index in [1.807, 2.05) is 0 Å². The first-order valence-electron chi connectivity index (χ1n) is 5.53. The number of nitrogens with two attached hydrogens (primary N) is 1. The van der Waals surface area contributed by atoms with Gasteiger partial charge in [0.05, 0.1) is 9.90 Å². The first kappa shape index (κ1) is 14.4. The highest BCUT2D eigenvalue weighted by Gasteiger charge is 2.30. The average molecular weight is 306 g/mol. The summed E-state index contributed by atoms with van der Waals surface area (Å²) in [6.45, 7) is 0. The van der Waals surface area contributed by atoms with E-state index in [1.54, 1.807) is 18.2 Å². The minimum atomic E-state index is -4.33. The number of thiophene rings is 1. The van der Waals surface area contributed by atoms with Crippen LogP contribution in [0.25, 0.3) is 0 Å². The zero-order valence-electron chi connectivity index (χ0n) is 9.75. The molecule has 0 aliphatic rings. The van der Waals surface area contributed by atoms with Crippen molar-refractivity contribution in [3.8, 4) is 0 Å². The normalized spacial score (nSPS) is 13.5. The molecular formula is C13H11ClF3NS. The zero-order chi connectivity index (χ0) is 14.0. The third-order valence-electron chi connectivity index (χ3n) is 2.67. The lowest BCUT2D eigenvalue weighted by Gasteiger charge is -2.12. The van der Waals surface area contributed by atoms with Crippen LogP contribution in [0.1, 0.15) is 22.0 Å². The molecule has 0 bridgehead atoms. The molecule has 19 heavy (non-hydrogen) atoms. The second kappa shape index (κ2) is 5.53. The number of rotatable bonds is 3. The molecule has 0 aliphatic heterocycles. The molecule has 2 rings (SSSR count). The summed E-state index contributed by atoms with van der Waals surface area (Å²) < 4.78 is 38.4. The van der Waals surface area contributed by atoms with E-state index in [9.17, 15) is 13.2 Å². The Balaban J connectivity index is 2.15. The Morgan fingerprint density at radius 2 is 1.95 bits per heavy atom. The largest absolute Gasteiger partial charge is 0.416 e. The van der Waals surface area contributed by atoms with Crippen LogP contribution >= 0.6 is 22.9 Å². The van der Waals surface area contributed by atoms with Gasteiger partial charge in [-0.25, -0.2) is 0 Å². The first-order chi connectivity index (χ1) is 8.86. The topological polar surface area (TPSA) is 26.0 Å². The SMILES string of the molecule is NC(Cc1cccc(C(F)(F)F)c1)c1ccc(Cl)s1. The third kappa shape index (κ3) is 3.72. The average Bonchev–Trinajstić information content (AvgIpc) is 2.75. The summed E-state index contributed by atoms with van der Waals surface area (Å²) in [4.78, 5) is 0.863. The summed E-state index contributed by atoms with van der Waals surface area (Å²) in [6, 6.07) is 8.41. The summed E-state index contributed by atoms with van der Waals surface area (Å²) >= 11 is 7.15. The number of alkyl halides is 3. The van der Waals surface area contributed by atoms with Gasteiger partial charge in [0.1, 0.15) is 0 Å². The fourth-order valence-electron chi connectivity index (χ4n) is 1.76. The Labute approximate surface area is 117 Å².